The number of pyridine rings is 1. The van der Waals surface area contributed by atoms with Gasteiger partial charge < -0.3 is 4.74 Å². The number of benzene rings is 2. The van der Waals surface area contributed by atoms with E-state index in [0.717, 1.165) is 0 Å². The number of hydrogen-bond acceptors (Lipinski definition) is 5. The van der Waals surface area contributed by atoms with Crippen LogP contribution in [0.25, 0.3) is 0 Å². The van der Waals surface area contributed by atoms with E-state index in [2.05, 4.69) is 11.6 Å². The number of hydrogen-bond donors (Lipinski definition) is 0. The van der Waals surface area contributed by atoms with Gasteiger partial charge in [-0.2, -0.15) is 0 Å². The highest BCUT2D eigenvalue weighted by molar-refractivity contribution is 7.92. The van der Waals surface area contributed by atoms with E-state index in [1.165, 1.54) is 34.8 Å². The Balaban J connectivity index is 1.88. The standard InChI is InChI=1S/C22H18Cl2N2O4S/c1-2-12-26(17-6-4-3-5-7-17)31(28,29)18-9-10-20(23)19(13-18)22(27)30-15-16-8-11-21(24)25-14-16/h2-11,13-14H,1,12,15H2. The van der Waals surface area contributed by atoms with Crippen LogP contribution in [0, 0.1) is 0 Å². The molecule has 0 saturated carbocycles. The molecule has 0 atom stereocenters. The topological polar surface area (TPSA) is 76.6 Å². The first-order valence-corrected chi connectivity index (χ1v) is 11.3. The molecule has 0 radical (unpaired) electrons. The number of aromatic nitrogens is 1. The van der Waals surface area contributed by atoms with Crippen molar-refractivity contribution in [2.24, 2.45) is 0 Å². The number of ether oxygens (including phenoxy) is 1. The fraction of sp³-hybridized carbons (Fsp3) is 0.0909. The van der Waals surface area contributed by atoms with Crippen molar-refractivity contribution < 1.29 is 17.9 Å². The number of halogens is 2. The summed E-state index contributed by atoms with van der Waals surface area (Å²) in [4.78, 5) is 16.4. The highest BCUT2D eigenvalue weighted by Crippen LogP contribution is 2.27. The number of esters is 1. The lowest BCUT2D eigenvalue weighted by Crippen LogP contribution is -2.31. The smallest absolute Gasteiger partial charge is 0.340 e. The molecule has 0 aliphatic rings. The molecule has 0 N–H and O–H groups in total. The number of anilines is 1. The van der Waals surface area contributed by atoms with Gasteiger partial charge in [0.15, 0.2) is 0 Å². The van der Waals surface area contributed by atoms with Gasteiger partial charge in [-0.25, -0.2) is 18.2 Å². The van der Waals surface area contributed by atoms with E-state index < -0.39 is 16.0 Å². The third-order valence-corrected chi connectivity index (χ3v) is 6.59. The van der Waals surface area contributed by atoms with Crippen molar-refractivity contribution in [3.63, 3.8) is 0 Å². The molecule has 0 aliphatic carbocycles. The van der Waals surface area contributed by atoms with Crippen LogP contribution in [-0.4, -0.2) is 25.9 Å². The Bertz CT molecular complexity index is 1180. The van der Waals surface area contributed by atoms with Gasteiger partial charge in [0.2, 0.25) is 0 Å². The van der Waals surface area contributed by atoms with Gasteiger partial charge in [0, 0.05) is 11.8 Å². The van der Waals surface area contributed by atoms with Crippen LogP contribution in [0.3, 0.4) is 0 Å². The maximum absolute atomic E-state index is 13.3. The Morgan fingerprint density at radius 3 is 2.48 bits per heavy atom. The fourth-order valence-electron chi connectivity index (χ4n) is 2.72. The number of nitrogens with zero attached hydrogens (tertiary/aromatic N) is 2. The van der Waals surface area contributed by atoms with Crippen molar-refractivity contribution in [3.8, 4) is 0 Å². The summed E-state index contributed by atoms with van der Waals surface area (Å²) in [6, 6.07) is 15.7. The van der Waals surface area contributed by atoms with E-state index in [9.17, 15) is 13.2 Å². The Hall–Kier alpha value is -2.87. The van der Waals surface area contributed by atoms with Gasteiger partial charge in [-0.3, -0.25) is 4.31 Å². The highest BCUT2D eigenvalue weighted by atomic mass is 35.5. The average Bonchev–Trinajstić information content (AvgIpc) is 2.77. The zero-order valence-corrected chi connectivity index (χ0v) is 18.6. The van der Waals surface area contributed by atoms with E-state index in [-0.39, 0.29) is 28.6 Å². The fourth-order valence-corrected chi connectivity index (χ4v) is 4.49. The van der Waals surface area contributed by atoms with Crippen LogP contribution in [0.2, 0.25) is 10.2 Å². The van der Waals surface area contributed by atoms with Gasteiger partial charge in [0.1, 0.15) is 11.8 Å². The largest absolute Gasteiger partial charge is 0.457 e. The molecule has 3 aromatic rings. The zero-order valence-electron chi connectivity index (χ0n) is 16.2. The van der Waals surface area contributed by atoms with Crippen molar-refractivity contribution >= 4 is 44.9 Å². The monoisotopic (exact) mass is 476 g/mol. The van der Waals surface area contributed by atoms with Crippen LogP contribution in [0.1, 0.15) is 15.9 Å². The van der Waals surface area contributed by atoms with Gasteiger partial charge in [-0.05, 0) is 36.4 Å². The second-order valence-electron chi connectivity index (χ2n) is 6.37. The molecule has 0 unspecified atom stereocenters. The van der Waals surface area contributed by atoms with E-state index >= 15 is 0 Å². The predicted octanol–water partition coefficient (Wildman–Crippen LogP) is 5.13. The molecule has 31 heavy (non-hydrogen) atoms. The summed E-state index contributed by atoms with van der Waals surface area (Å²) in [5.74, 6) is -0.757. The SMILES string of the molecule is C=CCN(c1ccccc1)S(=O)(=O)c1ccc(Cl)c(C(=O)OCc2ccc(Cl)nc2)c1. The number of sulfonamides is 1. The maximum Gasteiger partial charge on any atom is 0.340 e. The van der Waals surface area contributed by atoms with Gasteiger partial charge in [-0.1, -0.05) is 53.5 Å². The minimum Gasteiger partial charge on any atom is -0.457 e. The van der Waals surface area contributed by atoms with Gasteiger partial charge >= 0.3 is 5.97 Å². The van der Waals surface area contributed by atoms with E-state index in [4.69, 9.17) is 27.9 Å². The van der Waals surface area contributed by atoms with E-state index in [1.807, 2.05) is 0 Å². The van der Waals surface area contributed by atoms with Crippen molar-refractivity contribution in [1.82, 2.24) is 4.98 Å². The second kappa shape index (κ2) is 9.96. The molecule has 160 valence electrons. The summed E-state index contributed by atoms with van der Waals surface area (Å²) in [5, 5.41) is 0.395. The Morgan fingerprint density at radius 2 is 1.84 bits per heavy atom. The second-order valence-corrected chi connectivity index (χ2v) is 9.02. The van der Waals surface area contributed by atoms with Crippen LogP contribution < -0.4 is 4.31 Å². The van der Waals surface area contributed by atoms with Crippen molar-refractivity contribution in [2.45, 2.75) is 11.5 Å². The van der Waals surface area contributed by atoms with Crippen LogP contribution in [-0.2, 0) is 21.4 Å². The van der Waals surface area contributed by atoms with Gasteiger partial charge in [0.05, 0.1) is 27.7 Å². The van der Waals surface area contributed by atoms with Crippen LogP contribution in [0.4, 0.5) is 5.69 Å². The molecule has 1 heterocycles. The molecule has 0 bridgehead atoms. The first kappa shape index (κ1) is 22.8. The molecule has 0 aliphatic heterocycles. The number of para-hydroxylation sites is 1. The molecule has 0 fully saturated rings. The molecule has 6 nitrogen and oxygen atoms in total. The lowest BCUT2D eigenvalue weighted by molar-refractivity contribution is 0.0472. The molecule has 9 heteroatoms. The summed E-state index contributed by atoms with van der Waals surface area (Å²) < 4.78 is 33.0. The molecule has 0 spiro atoms. The van der Waals surface area contributed by atoms with Crippen molar-refractivity contribution in [2.75, 3.05) is 10.8 Å². The molecular weight excluding hydrogens is 459 g/mol. The quantitative estimate of drug-likeness (QED) is 0.256. The van der Waals surface area contributed by atoms with Crippen molar-refractivity contribution in [3.05, 3.63) is 101 Å². The normalized spacial score (nSPS) is 11.0. The zero-order chi connectivity index (χ0) is 22.4. The van der Waals surface area contributed by atoms with Gasteiger partial charge in [0.25, 0.3) is 10.0 Å². The minimum atomic E-state index is -3.99. The maximum atomic E-state index is 13.3. The summed E-state index contributed by atoms with van der Waals surface area (Å²) >= 11 is 11.9. The van der Waals surface area contributed by atoms with Crippen LogP contribution in [0.15, 0.2) is 84.4 Å². The molecular formula is C22H18Cl2N2O4S. The molecule has 1 aromatic heterocycles. The third-order valence-electron chi connectivity index (χ3n) is 4.24. The van der Waals surface area contributed by atoms with Crippen LogP contribution in [0.5, 0.6) is 0 Å². The Labute approximate surface area is 190 Å². The highest BCUT2D eigenvalue weighted by Gasteiger charge is 2.26. The number of rotatable bonds is 8. The van der Waals surface area contributed by atoms with Gasteiger partial charge in [-0.15, -0.1) is 6.58 Å². The van der Waals surface area contributed by atoms with E-state index in [0.29, 0.717) is 16.4 Å². The molecule has 2 aromatic carbocycles. The summed E-state index contributed by atoms with van der Waals surface area (Å²) in [5.41, 5.74) is 1.03. The summed E-state index contributed by atoms with van der Waals surface area (Å²) in [6.45, 7) is 3.62. The summed E-state index contributed by atoms with van der Waals surface area (Å²) in [7, 11) is -3.99. The number of carbonyl (C=O) groups is 1. The minimum absolute atomic E-state index is 0.0539. The van der Waals surface area contributed by atoms with Crippen molar-refractivity contribution in [1.29, 1.82) is 0 Å². The van der Waals surface area contributed by atoms with Crippen LogP contribution >= 0.6 is 23.2 Å². The summed E-state index contributed by atoms with van der Waals surface area (Å²) in [6.07, 6.45) is 2.96. The third kappa shape index (κ3) is 5.44. The molecule has 3 rings (SSSR count). The Kier molecular flexibility index (Phi) is 7.33. The average molecular weight is 477 g/mol. The Morgan fingerprint density at radius 1 is 1.10 bits per heavy atom. The number of carbonyl (C=O) groups excluding carboxylic acids is 1. The molecule has 0 saturated heterocycles. The lowest BCUT2D eigenvalue weighted by atomic mass is 10.2. The first-order chi connectivity index (χ1) is 14.8. The lowest BCUT2D eigenvalue weighted by Gasteiger charge is -2.23. The molecule has 0 amide bonds. The van der Waals surface area contributed by atoms with E-state index in [1.54, 1.807) is 42.5 Å². The predicted molar refractivity (Wildman–Crippen MR) is 121 cm³/mol. The first-order valence-electron chi connectivity index (χ1n) is 9.08.